The second kappa shape index (κ2) is 9.32. The van der Waals surface area contributed by atoms with Crippen molar-refractivity contribution < 1.29 is 27.9 Å². The van der Waals surface area contributed by atoms with Crippen molar-refractivity contribution in [1.29, 1.82) is 0 Å². The van der Waals surface area contributed by atoms with Crippen molar-refractivity contribution in [3.05, 3.63) is 71.1 Å². The van der Waals surface area contributed by atoms with Crippen LogP contribution in [0.25, 0.3) is 0 Å². The first-order valence-corrected chi connectivity index (χ1v) is 10.2. The Balaban J connectivity index is 1.59. The van der Waals surface area contributed by atoms with E-state index in [9.17, 15) is 14.0 Å². The summed E-state index contributed by atoms with van der Waals surface area (Å²) in [6.07, 6.45) is 1.25. The Morgan fingerprint density at radius 1 is 1.29 bits per heavy atom. The molecule has 0 bridgehead atoms. The average Bonchev–Trinajstić information content (AvgIpc) is 3.29. The molecule has 164 valence electrons. The molecule has 0 aliphatic carbocycles. The fraction of sp³-hybridized carbons (Fsp3) is 0.364. The molecule has 0 saturated carbocycles. The minimum atomic E-state index is -0.744. The number of nitrogens with zero attached hydrogens (tertiary/aromatic N) is 1. The lowest BCUT2D eigenvalue weighted by Crippen LogP contribution is -2.49. The Labute approximate surface area is 179 Å². The summed E-state index contributed by atoms with van der Waals surface area (Å²) >= 11 is 0. The number of hydrogen-bond donors (Lipinski definition) is 2. The number of benzene rings is 1. The lowest BCUT2D eigenvalue weighted by molar-refractivity contribution is -0.139. The second-order valence-electron chi connectivity index (χ2n) is 7.31. The summed E-state index contributed by atoms with van der Waals surface area (Å²) in [5.74, 6) is -0.377. The van der Waals surface area contributed by atoms with Gasteiger partial charge in [0.15, 0.2) is 0 Å². The molecule has 2 N–H and O–H groups in total. The Bertz CT molecular complexity index is 958. The highest BCUT2D eigenvalue weighted by atomic mass is 19.1. The zero-order valence-corrected chi connectivity index (χ0v) is 17.1. The Hall–Kier alpha value is -3.17. The van der Waals surface area contributed by atoms with Crippen LogP contribution in [0.15, 0.2) is 58.3 Å². The van der Waals surface area contributed by atoms with Crippen LogP contribution in [0.2, 0.25) is 0 Å². The minimum absolute atomic E-state index is 0.207. The van der Waals surface area contributed by atoms with Crippen LogP contribution in [0.4, 0.5) is 9.18 Å². The standard InChI is InChI=1S/C22H24FN3O5/c1-2-29-21(27)19-16(24-22(28)25-20(19)17-4-3-10-30-17)12-26-9-11-31-18(13-26)14-5-7-15(23)8-6-14/h3-8,10,18,20H,2,9,11-13H2,1H3,(H2,24,25,28)/t18-,20-/m0/s1. The molecule has 0 spiro atoms. The van der Waals surface area contributed by atoms with Crippen molar-refractivity contribution >= 4 is 12.0 Å². The fourth-order valence-corrected chi connectivity index (χ4v) is 3.81. The van der Waals surface area contributed by atoms with E-state index in [1.165, 1.54) is 18.4 Å². The number of morpholine rings is 1. The molecule has 2 amide bonds. The summed E-state index contributed by atoms with van der Waals surface area (Å²) < 4.78 is 29.8. The van der Waals surface area contributed by atoms with Crippen molar-refractivity contribution in [3.63, 3.8) is 0 Å². The number of amides is 2. The Morgan fingerprint density at radius 2 is 2.10 bits per heavy atom. The number of halogens is 1. The first-order valence-electron chi connectivity index (χ1n) is 10.2. The third-order valence-electron chi connectivity index (χ3n) is 5.25. The number of hydrogen-bond acceptors (Lipinski definition) is 6. The van der Waals surface area contributed by atoms with Crippen LogP contribution in [-0.4, -0.2) is 49.7 Å². The zero-order chi connectivity index (χ0) is 21.8. The molecule has 31 heavy (non-hydrogen) atoms. The van der Waals surface area contributed by atoms with E-state index in [0.29, 0.717) is 43.3 Å². The number of urea groups is 1. The summed E-state index contributed by atoms with van der Waals surface area (Å²) in [5.41, 5.74) is 1.64. The van der Waals surface area contributed by atoms with Crippen molar-refractivity contribution in [1.82, 2.24) is 15.5 Å². The molecule has 9 heteroatoms. The van der Waals surface area contributed by atoms with E-state index in [2.05, 4.69) is 15.5 Å². The first kappa shape index (κ1) is 21.1. The van der Waals surface area contributed by atoms with Gasteiger partial charge in [0.1, 0.15) is 17.6 Å². The van der Waals surface area contributed by atoms with Crippen LogP contribution >= 0.6 is 0 Å². The quantitative estimate of drug-likeness (QED) is 0.686. The average molecular weight is 429 g/mol. The highest BCUT2D eigenvalue weighted by Gasteiger charge is 2.36. The Kier molecular flexibility index (Phi) is 6.34. The predicted molar refractivity (Wildman–Crippen MR) is 108 cm³/mol. The molecule has 1 aromatic heterocycles. The van der Waals surface area contributed by atoms with Gasteiger partial charge in [-0.25, -0.2) is 14.0 Å². The van der Waals surface area contributed by atoms with E-state index in [-0.39, 0.29) is 18.5 Å². The fourth-order valence-electron chi connectivity index (χ4n) is 3.81. The molecule has 2 aliphatic heterocycles. The molecule has 4 rings (SSSR count). The topological polar surface area (TPSA) is 93.0 Å². The third kappa shape index (κ3) is 4.78. The molecule has 0 unspecified atom stereocenters. The van der Waals surface area contributed by atoms with Gasteiger partial charge in [0.2, 0.25) is 0 Å². The second-order valence-corrected chi connectivity index (χ2v) is 7.31. The van der Waals surface area contributed by atoms with E-state index < -0.39 is 18.0 Å². The van der Waals surface area contributed by atoms with Crippen LogP contribution in [0, 0.1) is 5.82 Å². The summed E-state index contributed by atoms with van der Waals surface area (Å²) in [6.45, 7) is 3.87. The summed E-state index contributed by atoms with van der Waals surface area (Å²) in [5, 5.41) is 5.50. The van der Waals surface area contributed by atoms with E-state index >= 15 is 0 Å². The molecular formula is C22H24FN3O5. The van der Waals surface area contributed by atoms with Gasteiger partial charge in [-0.2, -0.15) is 0 Å². The molecule has 1 aromatic carbocycles. The lowest BCUT2D eigenvalue weighted by Gasteiger charge is -2.35. The van der Waals surface area contributed by atoms with Crippen LogP contribution in [0.1, 0.15) is 30.4 Å². The van der Waals surface area contributed by atoms with Crippen molar-refractivity contribution in [2.45, 2.75) is 19.1 Å². The number of nitrogens with one attached hydrogen (secondary N) is 2. The zero-order valence-electron chi connectivity index (χ0n) is 17.1. The van der Waals surface area contributed by atoms with Crippen LogP contribution in [0.3, 0.4) is 0 Å². The molecule has 1 fully saturated rings. The van der Waals surface area contributed by atoms with Crippen molar-refractivity contribution in [2.75, 3.05) is 32.8 Å². The monoisotopic (exact) mass is 429 g/mol. The van der Waals surface area contributed by atoms with Gasteiger partial charge in [-0.15, -0.1) is 0 Å². The van der Waals surface area contributed by atoms with Crippen LogP contribution < -0.4 is 10.6 Å². The maximum atomic E-state index is 13.3. The van der Waals surface area contributed by atoms with Gasteiger partial charge in [-0.3, -0.25) is 4.90 Å². The maximum absolute atomic E-state index is 13.3. The molecule has 0 radical (unpaired) electrons. The number of carbonyl (C=O) groups is 2. The van der Waals surface area contributed by atoms with E-state index in [0.717, 1.165) is 5.56 Å². The van der Waals surface area contributed by atoms with Crippen LogP contribution in [-0.2, 0) is 14.3 Å². The van der Waals surface area contributed by atoms with E-state index in [4.69, 9.17) is 13.9 Å². The van der Waals surface area contributed by atoms with E-state index in [1.54, 1.807) is 31.2 Å². The van der Waals surface area contributed by atoms with Gasteiger partial charge in [0, 0.05) is 25.3 Å². The molecule has 2 atom stereocenters. The van der Waals surface area contributed by atoms with Crippen molar-refractivity contribution in [2.24, 2.45) is 0 Å². The minimum Gasteiger partial charge on any atom is -0.467 e. The summed E-state index contributed by atoms with van der Waals surface area (Å²) in [7, 11) is 0. The van der Waals surface area contributed by atoms with Gasteiger partial charge < -0.3 is 24.5 Å². The molecule has 1 saturated heterocycles. The Morgan fingerprint density at radius 3 is 2.81 bits per heavy atom. The molecule has 2 aliphatic rings. The van der Waals surface area contributed by atoms with Gasteiger partial charge >= 0.3 is 12.0 Å². The molecule has 2 aromatic rings. The predicted octanol–water partition coefficient (Wildman–Crippen LogP) is 2.66. The molecule has 8 nitrogen and oxygen atoms in total. The number of ether oxygens (including phenoxy) is 2. The highest BCUT2D eigenvalue weighted by Crippen LogP contribution is 2.29. The normalized spacial score (nSPS) is 22.1. The third-order valence-corrected chi connectivity index (χ3v) is 5.25. The number of rotatable bonds is 6. The van der Waals surface area contributed by atoms with E-state index in [1.807, 2.05) is 0 Å². The van der Waals surface area contributed by atoms with Gasteiger partial charge in [-0.1, -0.05) is 12.1 Å². The number of carbonyl (C=O) groups excluding carboxylic acids is 2. The van der Waals surface area contributed by atoms with Gasteiger partial charge in [0.05, 0.1) is 31.2 Å². The summed E-state index contributed by atoms with van der Waals surface area (Å²) in [4.78, 5) is 27.2. The van der Waals surface area contributed by atoms with Crippen LogP contribution in [0.5, 0.6) is 0 Å². The smallest absolute Gasteiger partial charge is 0.338 e. The lowest BCUT2D eigenvalue weighted by atomic mass is 9.99. The highest BCUT2D eigenvalue weighted by molar-refractivity contribution is 5.95. The van der Waals surface area contributed by atoms with Gasteiger partial charge in [0.25, 0.3) is 0 Å². The number of esters is 1. The largest absolute Gasteiger partial charge is 0.467 e. The maximum Gasteiger partial charge on any atom is 0.338 e. The SMILES string of the molecule is CCOC(=O)C1=C(CN2CCO[C@H](c3ccc(F)cc3)C2)NC(=O)N[C@H]1c1ccco1. The number of furan rings is 1. The molecule has 3 heterocycles. The molecular weight excluding hydrogens is 405 g/mol. The first-order chi connectivity index (χ1) is 15.0. The van der Waals surface area contributed by atoms with Gasteiger partial charge in [-0.05, 0) is 36.8 Å². The summed E-state index contributed by atoms with van der Waals surface area (Å²) in [6, 6.07) is 8.44. The van der Waals surface area contributed by atoms with Crippen molar-refractivity contribution in [3.8, 4) is 0 Å².